The summed E-state index contributed by atoms with van der Waals surface area (Å²) >= 11 is 7.13. The van der Waals surface area contributed by atoms with Gasteiger partial charge in [0.2, 0.25) is 0 Å². The second-order valence-electron chi connectivity index (χ2n) is 4.10. The summed E-state index contributed by atoms with van der Waals surface area (Å²) in [6, 6.07) is 1.74. The molecule has 2 heterocycles. The summed E-state index contributed by atoms with van der Waals surface area (Å²) in [7, 11) is 0. The predicted octanol–water partition coefficient (Wildman–Crippen LogP) is 4.17. The molecule has 0 amide bonds. The van der Waals surface area contributed by atoms with Gasteiger partial charge in [0.15, 0.2) is 0 Å². The summed E-state index contributed by atoms with van der Waals surface area (Å²) in [4.78, 5) is 8.09. The maximum Gasteiger partial charge on any atom is 0.416 e. The molecule has 2 aromatic heterocycles. The van der Waals surface area contributed by atoms with Gasteiger partial charge in [-0.05, 0) is 19.1 Å². The highest BCUT2D eigenvalue weighted by molar-refractivity contribution is 7.09. The lowest BCUT2D eigenvalue weighted by Gasteiger charge is -2.10. The Labute approximate surface area is 122 Å². The van der Waals surface area contributed by atoms with Crippen molar-refractivity contribution < 1.29 is 13.2 Å². The van der Waals surface area contributed by atoms with Crippen molar-refractivity contribution in [3.63, 3.8) is 0 Å². The van der Waals surface area contributed by atoms with E-state index in [1.54, 1.807) is 0 Å². The molecule has 3 nitrogen and oxygen atoms in total. The number of halogens is 4. The first-order chi connectivity index (χ1) is 9.34. The molecule has 0 aromatic carbocycles. The molecule has 0 aliphatic rings. The minimum Gasteiger partial charge on any atom is -0.370 e. The van der Waals surface area contributed by atoms with Crippen LogP contribution in [0.1, 0.15) is 16.3 Å². The molecule has 20 heavy (non-hydrogen) atoms. The van der Waals surface area contributed by atoms with Crippen molar-refractivity contribution in [1.82, 2.24) is 9.97 Å². The molecule has 0 saturated heterocycles. The third-order valence-corrected chi connectivity index (χ3v) is 3.49. The number of aryl methyl sites for hydroxylation is 1. The molecule has 0 unspecified atom stereocenters. The normalized spacial score (nSPS) is 11.7. The van der Waals surface area contributed by atoms with Gasteiger partial charge < -0.3 is 5.32 Å². The Bertz CT molecular complexity index is 598. The molecule has 2 aromatic rings. The number of pyridine rings is 1. The third-order valence-electron chi connectivity index (χ3n) is 2.48. The van der Waals surface area contributed by atoms with Gasteiger partial charge in [-0.25, -0.2) is 9.97 Å². The molecule has 0 spiro atoms. The average Bonchev–Trinajstić information content (AvgIpc) is 2.73. The van der Waals surface area contributed by atoms with Crippen LogP contribution in [0.4, 0.5) is 19.0 Å². The van der Waals surface area contributed by atoms with Crippen LogP contribution in [0.15, 0.2) is 17.5 Å². The Balaban J connectivity index is 2.00. The van der Waals surface area contributed by atoms with E-state index in [1.807, 2.05) is 12.3 Å². The molecule has 1 N–H and O–H groups in total. The van der Waals surface area contributed by atoms with Crippen LogP contribution in [0.2, 0.25) is 5.15 Å². The van der Waals surface area contributed by atoms with E-state index in [9.17, 15) is 13.2 Å². The van der Waals surface area contributed by atoms with Crippen molar-refractivity contribution in [3.8, 4) is 0 Å². The second kappa shape index (κ2) is 5.97. The highest BCUT2D eigenvalue weighted by Crippen LogP contribution is 2.31. The van der Waals surface area contributed by atoms with Gasteiger partial charge in [0, 0.05) is 18.3 Å². The summed E-state index contributed by atoms with van der Waals surface area (Å²) < 4.78 is 37.8. The monoisotopic (exact) mass is 321 g/mol. The Kier molecular flexibility index (Phi) is 4.49. The van der Waals surface area contributed by atoms with Gasteiger partial charge >= 0.3 is 6.18 Å². The van der Waals surface area contributed by atoms with Crippen LogP contribution < -0.4 is 5.32 Å². The van der Waals surface area contributed by atoms with Gasteiger partial charge in [-0.2, -0.15) is 13.2 Å². The van der Waals surface area contributed by atoms with E-state index >= 15 is 0 Å². The zero-order valence-electron chi connectivity index (χ0n) is 10.5. The van der Waals surface area contributed by atoms with Gasteiger partial charge in [-0.3, -0.25) is 0 Å². The Hall–Kier alpha value is -1.34. The van der Waals surface area contributed by atoms with Crippen LogP contribution in [0.25, 0.3) is 0 Å². The Morgan fingerprint density at radius 2 is 2.05 bits per heavy atom. The lowest BCUT2D eigenvalue weighted by atomic mass is 10.2. The number of hydrogen-bond acceptors (Lipinski definition) is 4. The summed E-state index contributed by atoms with van der Waals surface area (Å²) in [5.41, 5.74) is 0.0857. The fourth-order valence-electron chi connectivity index (χ4n) is 1.59. The van der Waals surface area contributed by atoms with Crippen LogP contribution in [-0.4, -0.2) is 16.5 Å². The highest BCUT2D eigenvalue weighted by atomic mass is 35.5. The molecular formula is C12H11ClF3N3S. The maximum atomic E-state index is 12.6. The van der Waals surface area contributed by atoms with Crippen molar-refractivity contribution in [2.75, 3.05) is 11.9 Å². The number of nitrogens with one attached hydrogen (secondary N) is 1. The first-order valence-electron chi connectivity index (χ1n) is 5.74. The first-order valence-corrected chi connectivity index (χ1v) is 7.00. The molecule has 0 fully saturated rings. The van der Waals surface area contributed by atoms with E-state index in [4.69, 9.17) is 11.6 Å². The van der Waals surface area contributed by atoms with Crippen LogP contribution in [0, 0.1) is 6.92 Å². The number of anilines is 1. The second-order valence-corrected chi connectivity index (χ2v) is 5.55. The summed E-state index contributed by atoms with van der Waals surface area (Å²) in [5, 5.41) is 5.52. The highest BCUT2D eigenvalue weighted by Gasteiger charge is 2.31. The molecule has 0 aliphatic carbocycles. The summed E-state index contributed by atoms with van der Waals surface area (Å²) in [6.07, 6.45) is -3.82. The van der Waals surface area contributed by atoms with E-state index in [1.165, 1.54) is 11.3 Å². The summed E-state index contributed by atoms with van der Waals surface area (Å²) in [5.74, 6) is 0.108. The van der Waals surface area contributed by atoms with Crippen molar-refractivity contribution in [2.24, 2.45) is 0 Å². The van der Waals surface area contributed by atoms with E-state index in [2.05, 4.69) is 15.3 Å². The zero-order chi connectivity index (χ0) is 14.8. The summed E-state index contributed by atoms with van der Waals surface area (Å²) in [6.45, 7) is 2.34. The lowest BCUT2D eigenvalue weighted by Crippen LogP contribution is -2.10. The molecule has 0 saturated carbocycles. The SMILES string of the molecule is Cc1nc(CCNc2cc(C(F)(F)F)cc(Cl)n2)cs1. The number of alkyl halides is 3. The fraction of sp³-hybridized carbons (Fsp3) is 0.333. The molecule has 8 heteroatoms. The minimum atomic E-state index is -4.44. The van der Waals surface area contributed by atoms with Gasteiger partial charge in [-0.1, -0.05) is 11.6 Å². The van der Waals surface area contributed by atoms with Crippen molar-refractivity contribution in [2.45, 2.75) is 19.5 Å². The smallest absolute Gasteiger partial charge is 0.370 e. The van der Waals surface area contributed by atoms with E-state index in [0.29, 0.717) is 13.0 Å². The number of nitrogens with zero attached hydrogens (tertiary/aromatic N) is 2. The predicted molar refractivity (Wildman–Crippen MR) is 73.3 cm³/mol. The van der Waals surface area contributed by atoms with Crippen LogP contribution >= 0.6 is 22.9 Å². The first kappa shape index (κ1) is 15.1. The van der Waals surface area contributed by atoms with Crippen molar-refractivity contribution in [1.29, 1.82) is 0 Å². The van der Waals surface area contributed by atoms with E-state index in [-0.39, 0.29) is 11.0 Å². The largest absolute Gasteiger partial charge is 0.416 e. The van der Waals surface area contributed by atoms with Crippen LogP contribution in [0.3, 0.4) is 0 Å². The number of aromatic nitrogens is 2. The van der Waals surface area contributed by atoms with E-state index in [0.717, 1.165) is 22.8 Å². The number of thiazole rings is 1. The molecule has 2 rings (SSSR count). The molecule has 108 valence electrons. The van der Waals surface area contributed by atoms with Gasteiger partial charge in [0.1, 0.15) is 11.0 Å². The van der Waals surface area contributed by atoms with Crippen LogP contribution in [-0.2, 0) is 12.6 Å². The quantitative estimate of drug-likeness (QED) is 0.859. The van der Waals surface area contributed by atoms with Gasteiger partial charge in [0.05, 0.1) is 16.3 Å². The fourth-order valence-corrected chi connectivity index (χ4v) is 2.45. The molecule has 0 aliphatic heterocycles. The topological polar surface area (TPSA) is 37.8 Å². The standard InChI is InChI=1S/C12H11ClF3N3S/c1-7-18-9(6-20-7)2-3-17-11-5-8(12(14,15)16)4-10(13)19-11/h4-6H,2-3H2,1H3,(H,17,19). The third kappa shape index (κ3) is 4.08. The number of rotatable bonds is 4. The molecule has 0 bridgehead atoms. The molecule has 0 radical (unpaired) electrons. The minimum absolute atomic E-state index is 0.108. The Morgan fingerprint density at radius 1 is 1.30 bits per heavy atom. The molecule has 0 atom stereocenters. The van der Waals surface area contributed by atoms with Crippen molar-refractivity contribution in [3.05, 3.63) is 38.9 Å². The molecular weight excluding hydrogens is 311 g/mol. The zero-order valence-corrected chi connectivity index (χ0v) is 12.0. The number of hydrogen-bond donors (Lipinski definition) is 1. The maximum absolute atomic E-state index is 12.6. The van der Waals surface area contributed by atoms with Gasteiger partial charge in [-0.15, -0.1) is 11.3 Å². The van der Waals surface area contributed by atoms with Gasteiger partial charge in [0.25, 0.3) is 0 Å². The lowest BCUT2D eigenvalue weighted by molar-refractivity contribution is -0.137. The van der Waals surface area contributed by atoms with Crippen LogP contribution in [0.5, 0.6) is 0 Å². The van der Waals surface area contributed by atoms with E-state index < -0.39 is 11.7 Å². The average molecular weight is 322 g/mol. The van der Waals surface area contributed by atoms with Crippen molar-refractivity contribution >= 4 is 28.8 Å². The Morgan fingerprint density at radius 3 is 2.65 bits per heavy atom.